The minimum absolute atomic E-state index is 0.0649. The fourth-order valence-electron chi connectivity index (χ4n) is 3.21. The van der Waals surface area contributed by atoms with E-state index in [1.165, 1.54) is 0 Å². The average molecular weight is 210 g/mol. The molecule has 1 saturated heterocycles. The minimum Gasteiger partial charge on any atom is -0.389 e. The first-order chi connectivity index (χ1) is 6.89. The van der Waals surface area contributed by atoms with Crippen LogP contribution in [0.3, 0.4) is 0 Å². The average Bonchev–Trinajstić information content (AvgIpc) is 2.37. The van der Waals surface area contributed by atoms with Crippen molar-refractivity contribution in [2.24, 2.45) is 11.8 Å². The molecule has 86 valence electrons. The second kappa shape index (κ2) is 3.33. The van der Waals surface area contributed by atoms with Crippen LogP contribution >= 0.6 is 0 Å². The van der Waals surface area contributed by atoms with Crippen LogP contribution in [0.4, 0.5) is 0 Å². The maximum atomic E-state index is 10.6. The van der Waals surface area contributed by atoms with E-state index in [1.807, 2.05) is 6.08 Å². The van der Waals surface area contributed by atoms with E-state index >= 15 is 0 Å². The van der Waals surface area contributed by atoms with Gasteiger partial charge in [-0.05, 0) is 39.0 Å². The van der Waals surface area contributed by atoms with E-state index in [-0.39, 0.29) is 17.6 Å². The standard InChI is InChI=1S/C13H22O2/c1-5-6-13(14)8-10-7-11(9(13)2)15-12(10,3)4/h5,9-11,14H,1,6-8H2,2-4H3/t9-,10+,11-,13+/m0/s1. The molecule has 1 heterocycles. The third kappa shape index (κ3) is 1.64. The van der Waals surface area contributed by atoms with Gasteiger partial charge in [-0.3, -0.25) is 0 Å². The number of hydrogen-bond donors (Lipinski definition) is 1. The number of fused-ring (bicyclic) bond motifs is 2. The van der Waals surface area contributed by atoms with Gasteiger partial charge in [-0.2, -0.15) is 0 Å². The Hall–Kier alpha value is -0.340. The molecule has 0 radical (unpaired) electrons. The van der Waals surface area contributed by atoms with Crippen molar-refractivity contribution in [3.63, 3.8) is 0 Å². The molecule has 2 bridgehead atoms. The van der Waals surface area contributed by atoms with Crippen molar-refractivity contribution >= 4 is 0 Å². The summed E-state index contributed by atoms with van der Waals surface area (Å²) in [5, 5.41) is 10.6. The third-order valence-corrected chi connectivity index (χ3v) is 4.46. The van der Waals surface area contributed by atoms with Crippen LogP contribution in [0.15, 0.2) is 12.7 Å². The molecule has 0 aromatic rings. The highest BCUT2D eigenvalue weighted by Crippen LogP contribution is 2.51. The highest BCUT2D eigenvalue weighted by Gasteiger charge is 2.55. The Bertz CT molecular complexity index is 272. The smallest absolute Gasteiger partial charge is 0.0735 e. The fourth-order valence-corrected chi connectivity index (χ4v) is 3.21. The zero-order chi connectivity index (χ0) is 11.3. The maximum Gasteiger partial charge on any atom is 0.0735 e. The van der Waals surface area contributed by atoms with Crippen LogP contribution in [0.25, 0.3) is 0 Å². The molecule has 1 N–H and O–H groups in total. The number of aliphatic hydroxyl groups is 1. The van der Waals surface area contributed by atoms with E-state index in [9.17, 15) is 5.11 Å². The molecule has 1 aliphatic carbocycles. The quantitative estimate of drug-likeness (QED) is 0.710. The molecule has 2 nitrogen and oxygen atoms in total. The molecule has 1 saturated carbocycles. The van der Waals surface area contributed by atoms with E-state index in [0.29, 0.717) is 12.3 Å². The molecule has 2 rings (SSSR count). The van der Waals surface area contributed by atoms with Crippen LogP contribution in [0.1, 0.15) is 40.0 Å². The van der Waals surface area contributed by atoms with Gasteiger partial charge in [-0.15, -0.1) is 6.58 Å². The molecule has 2 aliphatic rings. The fraction of sp³-hybridized carbons (Fsp3) is 0.846. The summed E-state index contributed by atoms with van der Waals surface area (Å²) < 4.78 is 6.03. The van der Waals surface area contributed by atoms with Crippen molar-refractivity contribution in [1.29, 1.82) is 0 Å². The van der Waals surface area contributed by atoms with Crippen molar-refractivity contribution < 1.29 is 9.84 Å². The van der Waals surface area contributed by atoms with Crippen LogP contribution in [0.5, 0.6) is 0 Å². The summed E-state index contributed by atoms with van der Waals surface area (Å²) >= 11 is 0. The topological polar surface area (TPSA) is 29.5 Å². The highest BCUT2D eigenvalue weighted by atomic mass is 16.5. The molecular formula is C13H22O2. The number of ether oxygens (including phenoxy) is 1. The third-order valence-electron chi connectivity index (χ3n) is 4.46. The van der Waals surface area contributed by atoms with Crippen molar-refractivity contribution in [3.8, 4) is 0 Å². The van der Waals surface area contributed by atoms with Gasteiger partial charge in [-0.25, -0.2) is 0 Å². The SMILES string of the molecule is C=CC[C@@]1(O)C[C@H]2C[C@H](OC2(C)C)[C@@H]1C. The molecule has 0 amide bonds. The van der Waals surface area contributed by atoms with E-state index in [0.717, 1.165) is 12.8 Å². The van der Waals surface area contributed by atoms with Gasteiger partial charge in [0, 0.05) is 5.92 Å². The summed E-state index contributed by atoms with van der Waals surface area (Å²) in [6.07, 6.45) is 4.69. The molecule has 0 aromatic heterocycles. The summed E-state index contributed by atoms with van der Waals surface area (Å²) in [6.45, 7) is 10.1. The second-order valence-corrected chi connectivity index (χ2v) is 5.78. The molecule has 15 heavy (non-hydrogen) atoms. The van der Waals surface area contributed by atoms with Gasteiger partial charge in [0.1, 0.15) is 0 Å². The van der Waals surface area contributed by atoms with Crippen LogP contribution < -0.4 is 0 Å². The second-order valence-electron chi connectivity index (χ2n) is 5.78. The van der Waals surface area contributed by atoms with Crippen LogP contribution in [0.2, 0.25) is 0 Å². The Labute approximate surface area is 92.3 Å². The zero-order valence-corrected chi connectivity index (χ0v) is 9.99. The van der Waals surface area contributed by atoms with Gasteiger partial charge in [0.05, 0.1) is 17.3 Å². The van der Waals surface area contributed by atoms with Crippen molar-refractivity contribution in [1.82, 2.24) is 0 Å². The van der Waals surface area contributed by atoms with Crippen LogP contribution in [-0.2, 0) is 4.74 Å². The summed E-state index contributed by atoms with van der Waals surface area (Å²) in [7, 11) is 0. The van der Waals surface area contributed by atoms with Gasteiger partial charge in [-0.1, -0.05) is 13.0 Å². The van der Waals surface area contributed by atoms with Crippen LogP contribution in [0, 0.1) is 11.8 Å². The van der Waals surface area contributed by atoms with Gasteiger partial charge >= 0.3 is 0 Å². The van der Waals surface area contributed by atoms with Gasteiger partial charge in [0.15, 0.2) is 0 Å². The molecule has 0 spiro atoms. The Morgan fingerprint density at radius 1 is 1.53 bits per heavy atom. The van der Waals surface area contributed by atoms with E-state index < -0.39 is 5.60 Å². The summed E-state index contributed by atoms with van der Waals surface area (Å²) in [5.41, 5.74) is -0.659. The molecular weight excluding hydrogens is 188 g/mol. The molecule has 2 fully saturated rings. The summed E-state index contributed by atoms with van der Waals surface area (Å²) in [6, 6.07) is 0. The largest absolute Gasteiger partial charge is 0.389 e. The molecule has 2 heteroatoms. The Morgan fingerprint density at radius 3 is 2.80 bits per heavy atom. The van der Waals surface area contributed by atoms with Crippen molar-refractivity contribution in [3.05, 3.63) is 12.7 Å². The summed E-state index contributed by atoms with van der Waals surface area (Å²) in [5.74, 6) is 0.706. The Morgan fingerprint density at radius 2 is 2.20 bits per heavy atom. The van der Waals surface area contributed by atoms with Crippen molar-refractivity contribution in [2.45, 2.75) is 57.3 Å². The lowest BCUT2D eigenvalue weighted by atomic mass is 9.67. The van der Waals surface area contributed by atoms with E-state index in [1.54, 1.807) is 0 Å². The lowest BCUT2D eigenvalue weighted by molar-refractivity contribution is -0.0883. The first-order valence-electron chi connectivity index (χ1n) is 5.90. The molecule has 1 aliphatic heterocycles. The first-order valence-corrected chi connectivity index (χ1v) is 5.90. The molecule has 0 unspecified atom stereocenters. The summed E-state index contributed by atoms with van der Waals surface area (Å²) in [4.78, 5) is 0. The Kier molecular flexibility index (Phi) is 2.47. The minimum atomic E-state index is -0.594. The predicted molar refractivity (Wildman–Crippen MR) is 60.6 cm³/mol. The van der Waals surface area contributed by atoms with Crippen LogP contribution in [-0.4, -0.2) is 22.4 Å². The van der Waals surface area contributed by atoms with Crippen molar-refractivity contribution in [2.75, 3.05) is 0 Å². The lowest BCUT2D eigenvalue weighted by Crippen LogP contribution is -2.46. The maximum absolute atomic E-state index is 10.6. The van der Waals surface area contributed by atoms with Gasteiger partial charge in [0.25, 0.3) is 0 Å². The first kappa shape index (κ1) is 11.2. The van der Waals surface area contributed by atoms with Gasteiger partial charge in [0.2, 0.25) is 0 Å². The normalized spacial score (nSPS) is 47.9. The van der Waals surface area contributed by atoms with E-state index in [2.05, 4.69) is 27.4 Å². The zero-order valence-electron chi connectivity index (χ0n) is 9.99. The molecule has 4 atom stereocenters. The van der Waals surface area contributed by atoms with E-state index in [4.69, 9.17) is 4.74 Å². The Balaban J connectivity index is 2.24. The highest BCUT2D eigenvalue weighted by molar-refractivity contribution is 5.06. The van der Waals surface area contributed by atoms with Gasteiger partial charge < -0.3 is 9.84 Å². The number of hydrogen-bond acceptors (Lipinski definition) is 2. The predicted octanol–water partition coefficient (Wildman–Crippen LogP) is 2.52. The monoisotopic (exact) mass is 210 g/mol. The lowest BCUT2D eigenvalue weighted by Gasteiger charge is -2.41. The number of rotatable bonds is 2. The molecule has 0 aromatic carbocycles.